The number of hydrogen-bond acceptors (Lipinski definition) is 11. The summed E-state index contributed by atoms with van der Waals surface area (Å²) < 4.78 is 36.8. The molecule has 12 nitrogen and oxygen atoms in total. The van der Waals surface area contributed by atoms with E-state index in [9.17, 15) is 29.6 Å². The third-order valence-corrected chi connectivity index (χ3v) is 8.41. The van der Waals surface area contributed by atoms with Gasteiger partial charge in [-0.25, -0.2) is 4.39 Å². The first-order valence-electron chi connectivity index (χ1n) is 14.1. The second-order valence-corrected chi connectivity index (χ2v) is 11.9. The zero-order valence-corrected chi connectivity index (χ0v) is 25.7. The molecule has 1 saturated carbocycles. The molecule has 15 heteroatoms. The molecule has 5 N–H and O–H groups in total. The van der Waals surface area contributed by atoms with Gasteiger partial charge in [-0.15, -0.1) is 0 Å². The smallest absolute Gasteiger partial charge is 0.247 e. The molecule has 2 heterocycles. The van der Waals surface area contributed by atoms with Gasteiger partial charge in [-0.2, -0.15) is 0 Å². The number of rotatable bonds is 9. The number of halogens is 3. The van der Waals surface area contributed by atoms with Crippen LogP contribution in [0, 0.1) is 5.82 Å². The third kappa shape index (κ3) is 7.59. The van der Waals surface area contributed by atoms with Gasteiger partial charge in [0.15, 0.2) is 11.6 Å². The van der Waals surface area contributed by atoms with Gasteiger partial charge in [0.25, 0.3) is 0 Å². The van der Waals surface area contributed by atoms with Crippen molar-refractivity contribution in [3.63, 3.8) is 0 Å². The molecule has 9 atom stereocenters. The molecule has 3 fully saturated rings. The Bertz CT molecular complexity index is 1460. The molecule has 3 aliphatic rings. The first kappa shape index (κ1) is 33.5. The highest BCUT2D eigenvalue weighted by Crippen LogP contribution is 2.31. The van der Waals surface area contributed by atoms with Crippen LogP contribution in [0.25, 0.3) is 6.08 Å². The minimum Gasteiger partial charge on any atom is -0.459 e. The highest BCUT2D eigenvalue weighted by Gasteiger charge is 2.53. The van der Waals surface area contributed by atoms with E-state index >= 15 is 0 Å². The van der Waals surface area contributed by atoms with E-state index < -0.39 is 66.8 Å². The van der Waals surface area contributed by atoms with E-state index in [0.717, 1.165) is 6.07 Å². The summed E-state index contributed by atoms with van der Waals surface area (Å²) in [6, 6.07) is 7.73. The molecule has 1 amide bonds. The Labute approximate surface area is 267 Å². The molecule has 0 aromatic heterocycles. The van der Waals surface area contributed by atoms with Crippen LogP contribution in [0.2, 0.25) is 10.0 Å². The van der Waals surface area contributed by atoms with Crippen molar-refractivity contribution in [2.45, 2.75) is 81.9 Å². The van der Waals surface area contributed by atoms with Crippen LogP contribution in [0.4, 0.5) is 4.39 Å². The minimum absolute atomic E-state index is 0.0918. The van der Waals surface area contributed by atoms with Gasteiger partial charge in [0.1, 0.15) is 56.1 Å². The zero-order valence-electron chi connectivity index (χ0n) is 24.2. The predicted octanol–water partition coefficient (Wildman–Crippen LogP) is 2.31. The van der Waals surface area contributed by atoms with Crippen LogP contribution < -0.4 is 10.1 Å². The lowest BCUT2D eigenvalue weighted by Crippen LogP contribution is -2.67. The molecule has 0 spiro atoms. The Kier molecular flexibility index (Phi) is 10.6. The van der Waals surface area contributed by atoms with Crippen molar-refractivity contribution in [2.24, 2.45) is 5.16 Å². The zero-order chi connectivity index (χ0) is 32.4. The fraction of sp³-hybridized carbons (Fsp3) is 0.467. The molecular formula is C30H33Cl2FN2O10. The summed E-state index contributed by atoms with van der Waals surface area (Å²) in [6.07, 6.45) is -7.39. The van der Waals surface area contributed by atoms with E-state index in [0.29, 0.717) is 26.9 Å². The molecule has 2 aromatic rings. The van der Waals surface area contributed by atoms with E-state index in [1.165, 1.54) is 25.1 Å². The molecule has 1 aliphatic carbocycles. The first-order valence-corrected chi connectivity index (χ1v) is 14.8. The molecule has 0 unspecified atom stereocenters. The lowest BCUT2D eigenvalue weighted by Gasteiger charge is -2.41. The van der Waals surface area contributed by atoms with E-state index in [-0.39, 0.29) is 31.1 Å². The average molecular weight is 672 g/mol. The van der Waals surface area contributed by atoms with Crippen LogP contribution in [0.15, 0.2) is 47.1 Å². The number of fused-ring (bicyclic) bond motifs is 1. The number of nitrogens with zero attached hydrogens (tertiary/aromatic N) is 1. The number of amides is 1. The maximum Gasteiger partial charge on any atom is 0.247 e. The molecule has 5 rings (SSSR count). The lowest BCUT2D eigenvalue weighted by atomic mass is 9.83. The number of nitrogens with one attached hydrogen (secondary N) is 1. The molecule has 0 bridgehead atoms. The van der Waals surface area contributed by atoms with Crippen LogP contribution in [-0.2, 0) is 30.4 Å². The maximum absolute atomic E-state index is 15.0. The van der Waals surface area contributed by atoms with E-state index in [4.69, 9.17) is 47.0 Å². The van der Waals surface area contributed by atoms with Gasteiger partial charge in [0.05, 0.1) is 11.8 Å². The van der Waals surface area contributed by atoms with E-state index in [2.05, 4.69) is 10.5 Å². The largest absolute Gasteiger partial charge is 0.459 e. The Hall–Kier alpha value is -2.85. The van der Waals surface area contributed by atoms with Crippen LogP contribution in [0.3, 0.4) is 0 Å². The van der Waals surface area contributed by atoms with Crippen molar-refractivity contribution in [1.82, 2.24) is 5.32 Å². The highest BCUT2D eigenvalue weighted by molar-refractivity contribution is 6.35. The Morgan fingerprint density at radius 2 is 1.80 bits per heavy atom. The number of oxime groups is 1. The van der Waals surface area contributed by atoms with Gasteiger partial charge in [0, 0.05) is 27.6 Å². The van der Waals surface area contributed by atoms with Gasteiger partial charge in [-0.05, 0) is 49.8 Å². The maximum atomic E-state index is 15.0. The topological polar surface area (TPSA) is 169 Å². The number of carbonyl (C=O) groups is 1. The van der Waals surface area contributed by atoms with E-state index in [1.54, 1.807) is 25.1 Å². The quantitative estimate of drug-likeness (QED) is 0.152. The van der Waals surface area contributed by atoms with Crippen LogP contribution in [0.1, 0.15) is 31.4 Å². The van der Waals surface area contributed by atoms with Crippen molar-refractivity contribution < 1.29 is 53.4 Å². The Morgan fingerprint density at radius 1 is 1.07 bits per heavy atom. The predicted molar refractivity (Wildman–Crippen MR) is 159 cm³/mol. The van der Waals surface area contributed by atoms with Gasteiger partial charge in [-0.3, -0.25) is 4.79 Å². The number of benzene rings is 2. The summed E-state index contributed by atoms with van der Waals surface area (Å²) in [7, 11) is 0. The normalized spacial score (nSPS) is 31.9. The van der Waals surface area contributed by atoms with Gasteiger partial charge in [-0.1, -0.05) is 40.5 Å². The van der Waals surface area contributed by atoms with Crippen molar-refractivity contribution in [1.29, 1.82) is 0 Å². The summed E-state index contributed by atoms with van der Waals surface area (Å²) >= 11 is 12.0. The SMILES string of the molecule is C/C(=C\c1ccc(O[C@@H]2O[C@H](/C(C)=N/OCc3ccc(Cl)cc3Cl)C[C@@H]2O)c(F)c1)C(=O)N[C@@H]1[C@H](O)[C@@H](O)[C@H]2OCO[C@H]2[C@@H]1O. The second-order valence-electron chi connectivity index (χ2n) is 11.0. The number of carbonyl (C=O) groups excluding carboxylic acids is 1. The second kappa shape index (κ2) is 14.3. The van der Waals surface area contributed by atoms with Crippen molar-refractivity contribution >= 4 is 40.9 Å². The summed E-state index contributed by atoms with van der Waals surface area (Å²) in [6.45, 7) is 3.07. The Balaban J connectivity index is 1.16. The van der Waals surface area contributed by atoms with Gasteiger partial charge >= 0.3 is 0 Å². The fourth-order valence-corrected chi connectivity index (χ4v) is 5.74. The van der Waals surface area contributed by atoms with Crippen molar-refractivity contribution in [2.75, 3.05) is 6.79 Å². The average Bonchev–Trinajstić information content (AvgIpc) is 3.64. The monoisotopic (exact) mass is 670 g/mol. The summed E-state index contributed by atoms with van der Waals surface area (Å²) in [5, 5.41) is 49.3. The molecular weight excluding hydrogens is 638 g/mol. The van der Waals surface area contributed by atoms with Gasteiger partial charge < -0.3 is 49.5 Å². The first-order chi connectivity index (χ1) is 21.4. The number of aliphatic hydroxyl groups is 4. The molecule has 0 radical (unpaired) electrons. The lowest BCUT2D eigenvalue weighted by molar-refractivity contribution is -0.155. The molecule has 45 heavy (non-hydrogen) atoms. The van der Waals surface area contributed by atoms with Crippen molar-refractivity contribution in [3.8, 4) is 5.75 Å². The summed E-state index contributed by atoms with van der Waals surface area (Å²) in [5.41, 5.74) is 1.57. The number of ether oxygens (including phenoxy) is 4. The van der Waals surface area contributed by atoms with Crippen molar-refractivity contribution in [3.05, 3.63) is 69.0 Å². The fourth-order valence-electron chi connectivity index (χ4n) is 5.28. The molecule has 244 valence electrons. The van der Waals surface area contributed by atoms with Crippen LogP contribution in [0.5, 0.6) is 5.75 Å². The van der Waals surface area contributed by atoms with E-state index in [1.807, 2.05) is 0 Å². The third-order valence-electron chi connectivity index (χ3n) is 7.82. The minimum atomic E-state index is -1.50. The summed E-state index contributed by atoms with van der Waals surface area (Å²) in [4.78, 5) is 18.2. The standard InChI is InChI=1S/C30H33Cl2FN2O10/c1-13(29(40)34-23-24(37)26(39)28-27(25(23)38)41-12-42-28)7-15-3-6-21(19(33)8-15)44-30-20(36)10-22(45-30)14(2)35-43-11-16-4-5-17(31)9-18(16)32/h3-9,20,22-28,30,36-39H,10-12H2,1-2H3,(H,34,40)/b13-7+,35-14+/t20-,22-,23+,24-,25+,26+,27-,28+,30+/m0/s1. The molecule has 2 aliphatic heterocycles. The highest BCUT2D eigenvalue weighted by atomic mass is 35.5. The number of hydrogen-bond donors (Lipinski definition) is 5. The summed E-state index contributed by atoms with van der Waals surface area (Å²) in [5.74, 6) is -1.61. The van der Waals surface area contributed by atoms with Crippen LogP contribution in [-0.4, -0.2) is 93.9 Å². The molecule has 2 aromatic carbocycles. The Morgan fingerprint density at radius 3 is 2.51 bits per heavy atom. The molecule has 2 saturated heterocycles. The van der Waals surface area contributed by atoms with Crippen LogP contribution >= 0.6 is 23.2 Å². The number of aliphatic hydroxyl groups excluding tert-OH is 4. The van der Waals surface area contributed by atoms with Gasteiger partial charge in [0.2, 0.25) is 12.2 Å².